The predicted molar refractivity (Wildman–Crippen MR) is 190 cm³/mol. The fourth-order valence-corrected chi connectivity index (χ4v) is 6.54. The number of hydrogen-bond acceptors (Lipinski definition) is 5. The third kappa shape index (κ3) is 5.22. The number of pyridine rings is 1. The summed E-state index contributed by atoms with van der Waals surface area (Å²) in [6, 6.07) is 47.6. The number of phenols is 1. The van der Waals surface area contributed by atoms with Crippen LogP contribution in [0.2, 0.25) is 0 Å². The van der Waals surface area contributed by atoms with E-state index in [0.717, 1.165) is 61.2 Å². The van der Waals surface area contributed by atoms with Crippen LogP contribution in [0.3, 0.4) is 0 Å². The molecule has 49 heavy (non-hydrogen) atoms. The number of imidazole rings is 1. The van der Waals surface area contributed by atoms with Gasteiger partial charge in [0.25, 0.3) is 0 Å². The quantitative estimate of drug-likeness (QED) is 0.175. The van der Waals surface area contributed by atoms with Crippen molar-refractivity contribution >= 4 is 27.6 Å². The van der Waals surface area contributed by atoms with Gasteiger partial charge >= 0.3 is 0 Å². The summed E-state index contributed by atoms with van der Waals surface area (Å²) in [7, 11) is 0. The number of benzene rings is 5. The number of rotatable bonds is 5. The van der Waals surface area contributed by atoms with E-state index in [1.54, 1.807) is 12.3 Å². The van der Waals surface area contributed by atoms with Gasteiger partial charge in [-0.25, -0.2) is 4.52 Å². The largest absolute Gasteiger partial charge is 0.507 e. The van der Waals surface area contributed by atoms with Crippen LogP contribution in [-0.4, -0.2) is 24.7 Å². The second-order valence-corrected chi connectivity index (χ2v) is 11.8. The number of aromatic hydroxyl groups is 1. The normalized spacial score (nSPS) is 11.3. The Bertz CT molecular complexity index is 2600. The Balaban J connectivity index is 0.00000348. The van der Waals surface area contributed by atoms with Crippen LogP contribution in [0.4, 0.5) is 0 Å². The minimum Gasteiger partial charge on any atom is -0.507 e. The molecule has 6 nitrogen and oxygen atoms in total. The Morgan fingerprint density at radius 3 is 2.24 bits per heavy atom. The van der Waals surface area contributed by atoms with E-state index in [4.69, 9.17) is 14.4 Å². The minimum absolute atomic E-state index is 0. The minimum atomic E-state index is 0. The van der Waals surface area contributed by atoms with Crippen molar-refractivity contribution in [1.29, 1.82) is 0 Å². The van der Waals surface area contributed by atoms with Crippen molar-refractivity contribution in [3.8, 4) is 61.9 Å². The number of furan rings is 1. The number of phenolic OH excluding ortho intramolecular Hbond substituents is 1. The molecule has 0 saturated carbocycles. The molecule has 0 radical (unpaired) electrons. The molecule has 1 N–H and O–H groups in total. The van der Waals surface area contributed by atoms with Crippen LogP contribution >= 0.6 is 0 Å². The van der Waals surface area contributed by atoms with E-state index in [1.165, 1.54) is 0 Å². The molecule has 9 aromatic rings. The van der Waals surface area contributed by atoms with Gasteiger partial charge in [-0.05, 0) is 71.0 Å². The Hall–Kier alpha value is -5.84. The van der Waals surface area contributed by atoms with Crippen LogP contribution in [0.25, 0.3) is 83.7 Å². The molecule has 0 spiro atoms. The van der Waals surface area contributed by atoms with E-state index in [-0.39, 0.29) is 26.8 Å². The molecule has 9 rings (SSSR count). The van der Waals surface area contributed by atoms with E-state index < -0.39 is 0 Å². The summed E-state index contributed by atoms with van der Waals surface area (Å²) < 4.78 is 8.46. The molecule has 238 valence electrons. The SMILES string of the molecule is Cc1ccccc1-c1cc(-c2ccccc2O)nc(-c2[c-]c(-c3nc4cccnn4c3-c3ccccc3)cc3c2oc2ccccc23)c1.[Pt]. The Labute approximate surface area is 296 Å². The van der Waals surface area contributed by atoms with Gasteiger partial charge in [0.15, 0.2) is 0 Å². The first-order valence-corrected chi connectivity index (χ1v) is 15.8. The van der Waals surface area contributed by atoms with Gasteiger partial charge in [0.2, 0.25) is 0 Å². The molecule has 7 heteroatoms. The number of aryl methyl sites for hydroxylation is 1. The van der Waals surface area contributed by atoms with Crippen LogP contribution < -0.4 is 0 Å². The first-order valence-electron chi connectivity index (χ1n) is 15.8. The molecule has 0 aliphatic carbocycles. The molecular weight excluding hydrogens is 788 g/mol. The molecule has 0 atom stereocenters. The van der Waals surface area contributed by atoms with Gasteiger partial charge < -0.3 is 9.52 Å². The van der Waals surface area contributed by atoms with Gasteiger partial charge in [0.05, 0.1) is 17.0 Å². The van der Waals surface area contributed by atoms with Crippen molar-refractivity contribution in [2.45, 2.75) is 6.92 Å². The van der Waals surface area contributed by atoms with Crippen LogP contribution in [-0.2, 0) is 21.1 Å². The zero-order valence-electron chi connectivity index (χ0n) is 26.2. The molecular formula is C42H27N4O2Pt-. The molecule has 0 bridgehead atoms. The second-order valence-electron chi connectivity index (χ2n) is 11.8. The molecule has 0 amide bonds. The Morgan fingerprint density at radius 2 is 1.41 bits per heavy atom. The summed E-state index contributed by atoms with van der Waals surface area (Å²) in [5, 5.41) is 17.5. The van der Waals surface area contributed by atoms with Crippen LogP contribution in [0.15, 0.2) is 144 Å². The third-order valence-electron chi connectivity index (χ3n) is 8.82. The maximum Gasteiger partial charge on any atom is 0.146 e. The first-order chi connectivity index (χ1) is 23.6. The summed E-state index contributed by atoms with van der Waals surface area (Å²) in [6.45, 7) is 2.10. The topological polar surface area (TPSA) is 76.5 Å². The smallest absolute Gasteiger partial charge is 0.146 e. The van der Waals surface area contributed by atoms with Gasteiger partial charge in [-0.3, -0.25) is 9.97 Å². The first kappa shape index (κ1) is 30.5. The molecule has 4 aromatic heterocycles. The van der Waals surface area contributed by atoms with Gasteiger partial charge in [0.1, 0.15) is 17.0 Å². The maximum absolute atomic E-state index is 10.9. The molecule has 5 aromatic carbocycles. The average molecular weight is 815 g/mol. The number of nitrogens with zero attached hydrogens (tertiary/aromatic N) is 4. The number of fused-ring (bicyclic) bond motifs is 4. The number of hydrogen-bond donors (Lipinski definition) is 1. The van der Waals surface area contributed by atoms with Gasteiger partial charge in [-0.15, -0.1) is 12.1 Å². The van der Waals surface area contributed by atoms with E-state index in [9.17, 15) is 5.11 Å². The van der Waals surface area contributed by atoms with Crippen LogP contribution in [0.5, 0.6) is 5.75 Å². The molecule has 4 heterocycles. The van der Waals surface area contributed by atoms with Crippen molar-refractivity contribution in [3.05, 3.63) is 151 Å². The summed E-state index contributed by atoms with van der Waals surface area (Å²) in [4.78, 5) is 10.3. The Kier molecular flexibility index (Phi) is 7.66. The van der Waals surface area contributed by atoms with Gasteiger partial charge in [-0.2, -0.15) is 5.10 Å². The van der Waals surface area contributed by atoms with Crippen molar-refractivity contribution in [2.24, 2.45) is 0 Å². The summed E-state index contributed by atoms with van der Waals surface area (Å²) >= 11 is 0. The van der Waals surface area contributed by atoms with E-state index in [0.29, 0.717) is 28.1 Å². The molecule has 0 aliphatic heterocycles. The van der Waals surface area contributed by atoms with Gasteiger partial charge in [-0.1, -0.05) is 102 Å². The fraction of sp³-hybridized carbons (Fsp3) is 0.0238. The Morgan fingerprint density at radius 1 is 0.673 bits per heavy atom. The van der Waals surface area contributed by atoms with Crippen molar-refractivity contribution < 1.29 is 30.6 Å². The summed E-state index contributed by atoms with van der Waals surface area (Å²) in [5.41, 5.74) is 11.4. The molecule has 0 aliphatic rings. The predicted octanol–water partition coefficient (Wildman–Crippen LogP) is 10.2. The van der Waals surface area contributed by atoms with Crippen molar-refractivity contribution in [2.75, 3.05) is 0 Å². The zero-order valence-corrected chi connectivity index (χ0v) is 28.5. The number of aromatic nitrogens is 4. The monoisotopic (exact) mass is 814 g/mol. The fourth-order valence-electron chi connectivity index (χ4n) is 6.54. The average Bonchev–Trinajstić information content (AvgIpc) is 3.71. The molecule has 0 fully saturated rings. The third-order valence-corrected chi connectivity index (χ3v) is 8.82. The zero-order chi connectivity index (χ0) is 32.2. The van der Waals surface area contributed by atoms with Crippen molar-refractivity contribution in [1.82, 2.24) is 19.6 Å². The second kappa shape index (κ2) is 12.3. The molecule has 0 unspecified atom stereocenters. The maximum atomic E-state index is 10.9. The van der Waals surface area contributed by atoms with Gasteiger partial charge in [0, 0.05) is 49.6 Å². The van der Waals surface area contributed by atoms with Crippen molar-refractivity contribution in [3.63, 3.8) is 0 Å². The molecule has 0 saturated heterocycles. The van der Waals surface area contributed by atoms with E-state index in [2.05, 4.69) is 60.6 Å². The summed E-state index contributed by atoms with van der Waals surface area (Å²) in [6.07, 6.45) is 1.77. The van der Waals surface area contributed by atoms with Crippen LogP contribution in [0.1, 0.15) is 5.56 Å². The van der Waals surface area contributed by atoms with Crippen LogP contribution in [0, 0.1) is 13.0 Å². The van der Waals surface area contributed by atoms with E-state index >= 15 is 0 Å². The number of para-hydroxylation sites is 2. The standard InChI is InChI=1S/C42H27N4O2.Pt/c1-26-12-5-6-15-30(26)28-24-35(32-17-7-9-18-37(32)47)44-36(25-28)34-23-29(22-33-31-16-8-10-19-38(31)48-42(33)34)40-41(27-13-3-2-4-14-27)46-39(45-40)20-11-21-43-46;/h2-22,24-25,47H,1H3;/q-1;. The van der Waals surface area contributed by atoms with E-state index in [1.807, 2.05) is 89.4 Å². The summed E-state index contributed by atoms with van der Waals surface area (Å²) in [5.74, 6) is 0.161.